The summed E-state index contributed by atoms with van der Waals surface area (Å²) in [6.07, 6.45) is 10.7. The van der Waals surface area contributed by atoms with Crippen molar-refractivity contribution >= 4 is 23.0 Å². The summed E-state index contributed by atoms with van der Waals surface area (Å²) in [4.78, 5) is 22.1. The molecule has 7 heteroatoms. The van der Waals surface area contributed by atoms with E-state index in [9.17, 15) is 4.79 Å². The van der Waals surface area contributed by atoms with Crippen molar-refractivity contribution in [1.82, 2.24) is 24.8 Å². The number of carbonyl (C=O) groups is 1. The van der Waals surface area contributed by atoms with Crippen LogP contribution in [0, 0.1) is 17.8 Å². The third-order valence-electron chi connectivity index (χ3n) is 6.81. The van der Waals surface area contributed by atoms with Gasteiger partial charge in [0.15, 0.2) is 0 Å². The smallest absolute Gasteiger partial charge is 0.249 e. The maximum absolute atomic E-state index is 13.3. The van der Waals surface area contributed by atoms with E-state index < -0.39 is 0 Å². The first kappa shape index (κ1) is 16.8. The molecule has 0 radical (unpaired) electrons. The van der Waals surface area contributed by atoms with Gasteiger partial charge in [-0.3, -0.25) is 19.4 Å². The first-order valence-electron chi connectivity index (χ1n) is 10.1. The normalized spacial score (nSPS) is 29.7. The highest BCUT2D eigenvalue weighted by molar-refractivity contribution is 5.88. The first-order chi connectivity index (χ1) is 14.1. The van der Waals surface area contributed by atoms with Crippen molar-refractivity contribution in [2.75, 3.05) is 0 Å². The van der Waals surface area contributed by atoms with Crippen LogP contribution in [-0.2, 0) is 11.3 Å². The lowest BCUT2D eigenvalue weighted by Crippen LogP contribution is -2.68. The van der Waals surface area contributed by atoms with Gasteiger partial charge in [-0.15, -0.1) is 0 Å². The van der Waals surface area contributed by atoms with Crippen LogP contribution in [0.3, 0.4) is 0 Å². The fourth-order valence-electron chi connectivity index (χ4n) is 5.54. The Morgan fingerprint density at radius 1 is 1.14 bits per heavy atom. The molecule has 2 aromatic heterocycles. The van der Waals surface area contributed by atoms with Crippen molar-refractivity contribution in [2.24, 2.45) is 15.9 Å². The standard InChI is InChI=1S/C22H22N6O/c1-15-8-24-17(10-23-15)19-6-7-25-28(19)20(29)22-11-21(12-22,13-22)14-27-18-5-3-2-4-16(18)9-26-27/h2-5,7-10,19H,6,11-14H2,1H3. The van der Waals surface area contributed by atoms with Crippen LogP contribution in [0.1, 0.15) is 43.1 Å². The van der Waals surface area contributed by atoms with Crippen LogP contribution in [0.5, 0.6) is 0 Å². The van der Waals surface area contributed by atoms with Gasteiger partial charge in [-0.1, -0.05) is 18.2 Å². The van der Waals surface area contributed by atoms with Gasteiger partial charge in [-0.25, -0.2) is 5.01 Å². The minimum atomic E-state index is -0.249. The van der Waals surface area contributed by atoms with Crippen molar-refractivity contribution in [3.8, 4) is 0 Å². The molecular weight excluding hydrogens is 364 g/mol. The van der Waals surface area contributed by atoms with E-state index in [-0.39, 0.29) is 22.8 Å². The number of hydrogen-bond donors (Lipinski definition) is 0. The molecule has 2 bridgehead atoms. The molecule has 3 aliphatic carbocycles. The molecule has 3 aromatic rings. The van der Waals surface area contributed by atoms with Crippen LogP contribution in [0.15, 0.2) is 48.0 Å². The SMILES string of the molecule is Cc1cnc(C2CC=NN2C(=O)C23CC(Cn4ncc5ccccc54)(C2)C3)cn1. The number of aromatic nitrogens is 4. The summed E-state index contributed by atoms with van der Waals surface area (Å²) in [5.41, 5.74) is 2.80. The fourth-order valence-corrected chi connectivity index (χ4v) is 5.54. The van der Waals surface area contributed by atoms with Gasteiger partial charge in [0.2, 0.25) is 5.91 Å². The van der Waals surface area contributed by atoms with Crippen LogP contribution >= 0.6 is 0 Å². The fraction of sp³-hybridized carbons (Fsp3) is 0.409. The largest absolute Gasteiger partial charge is 0.272 e. The lowest BCUT2D eigenvalue weighted by molar-refractivity contribution is -0.223. The van der Waals surface area contributed by atoms with Crippen molar-refractivity contribution in [3.63, 3.8) is 0 Å². The van der Waals surface area contributed by atoms with Crippen molar-refractivity contribution in [2.45, 2.75) is 45.2 Å². The molecule has 4 aliphatic rings. The second-order valence-corrected chi connectivity index (χ2v) is 8.95. The predicted molar refractivity (Wildman–Crippen MR) is 108 cm³/mol. The number of hydrazone groups is 1. The molecule has 146 valence electrons. The third kappa shape index (κ3) is 2.39. The first-order valence-corrected chi connectivity index (χ1v) is 10.1. The minimum Gasteiger partial charge on any atom is -0.272 e. The average Bonchev–Trinajstić information content (AvgIpc) is 3.31. The van der Waals surface area contributed by atoms with E-state index in [4.69, 9.17) is 0 Å². The van der Waals surface area contributed by atoms with Crippen LogP contribution < -0.4 is 0 Å². The molecule has 1 atom stereocenters. The number of hydrogen-bond acceptors (Lipinski definition) is 5. The van der Waals surface area contributed by atoms with E-state index in [2.05, 4.69) is 37.0 Å². The quantitative estimate of drug-likeness (QED) is 0.690. The summed E-state index contributed by atoms with van der Waals surface area (Å²) in [5.74, 6) is 0.144. The summed E-state index contributed by atoms with van der Waals surface area (Å²) in [6.45, 7) is 2.79. The molecular formula is C22H22N6O. The molecule has 0 spiro atoms. The van der Waals surface area contributed by atoms with E-state index in [1.165, 1.54) is 10.9 Å². The molecule has 29 heavy (non-hydrogen) atoms. The van der Waals surface area contributed by atoms with Gasteiger partial charge >= 0.3 is 0 Å². The number of rotatable bonds is 4. The Morgan fingerprint density at radius 3 is 2.76 bits per heavy atom. The van der Waals surface area contributed by atoms with Crippen molar-refractivity contribution in [1.29, 1.82) is 0 Å². The summed E-state index contributed by atoms with van der Waals surface area (Å²) in [7, 11) is 0. The Morgan fingerprint density at radius 2 is 1.97 bits per heavy atom. The molecule has 0 saturated heterocycles. The molecule has 7 nitrogen and oxygen atoms in total. The molecule has 1 unspecified atom stereocenters. The molecule has 3 saturated carbocycles. The number of amides is 1. The van der Waals surface area contributed by atoms with Gasteiger partial charge < -0.3 is 0 Å². The van der Waals surface area contributed by atoms with Crippen molar-refractivity contribution < 1.29 is 4.79 Å². The van der Waals surface area contributed by atoms with E-state index >= 15 is 0 Å². The Kier molecular flexibility index (Phi) is 3.32. The van der Waals surface area contributed by atoms with Crippen LogP contribution in [-0.4, -0.2) is 36.9 Å². The van der Waals surface area contributed by atoms with Gasteiger partial charge in [-0.2, -0.15) is 10.2 Å². The zero-order chi connectivity index (χ0) is 19.6. The van der Waals surface area contributed by atoms with Crippen LogP contribution in [0.2, 0.25) is 0 Å². The maximum Gasteiger partial charge on any atom is 0.249 e. The Hall–Kier alpha value is -3.09. The summed E-state index contributed by atoms with van der Waals surface area (Å²) in [6, 6.07) is 8.16. The third-order valence-corrected chi connectivity index (χ3v) is 6.81. The van der Waals surface area contributed by atoms with Crippen LogP contribution in [0.25, 0.3) is 10.9 Å². The molecule has 1 aliphatic heterocycles. The second-order valence-electron chi connectivity index (χ2n) is 8.95. The second kappa shape index (κ2) is 5.72. The number of aryl methyl sites for hydroxylation is 1. The number of nitrogens with zero attached hydrogens (tertiary/aromatic N) is 6. The lowest BCUT2D eigenvalue weighted by atomic mass is 9.34. The summed E-state index contributed by atoms with van der Waals surface area (Å²) in [5, 5.41) is 11.8. The van der Waals surface area contributed by atoms with Gasteiger partial charge in [0, 0.05) is 30.8 Å². The van der Waals surface area contributed by atoms with Gasteiger partial charge in [-0.05, 0) is 37.7 Å². The van der Waals surface area contributed by atoms with Crippen molar-refractivity contribution in [3.05, 3.63) is 54.2 Å². The van der Waals surface area contributed by atoms with E-state index in [1.54, 1.807) is 17.4 Å². The predicted octanol–water partition coefficient (Wildman–Crippen LogP) is 3.26. The highest BCUT2D eigenvalue weighted by Gasteiger charge is 2.72. The van der Waals surface area contributed by atoms with Gasteiger partial charge in [0.1, 0.15) is 6.04 Å². The Labute approximate surface area is 168 Å². The minimum absolute atomic E-state index is 0.129. The molecule has 7 rings (SSSR count). The highest BCUT2D eigenvalue weighted by Crippen LogP contribution is 2.74. The molecule has 1 aromatic carbocycles. The number of benzene rings is 1. The molecule has 3 fully saturated rings. The number of fused-ring (bicyclic) bond motifs is 1. The van der Waals surface area contributed by atoms with E-state index in [0.717, 1.165) is 37.2 Å². The summed E-state index contributed by atoms with van der Waals surface area (Å²) >= 11 is 0. The zero-order valence-corrected chi connectivity index (χ0v) is 16.3. The molecule has 3 heterocycles. The Bertz CT molecular complexity index is 1130. The number of carbonyl (C=O) groups excluding carboxylic acids is 1. The van der Waals surface area contributed by atoms with Crippen LogP contribution in [0.4, 0.5) is 0 Å². The Balaban J connectivity index is 1.17. The molecule has 0 N–H and O–H groups in total. The monoisotopic (exact) mass is 386 g/mol. The lowest BCUT2D eigenvalue weighted by Gasteiger charge is -2.69. The van der Waals surface area contributed by atoms with E-state index in [0.29, 0.717) is 6.42 Å². The zero-order valence-electron chi connectivity index (χ0n) is 16.3. The highest BCUT2D eigenvalue weighted by atomic mass is 16.2. The van der Waals surface area contributed by atoms with Gasteiger partial charge in [0.25, 0.3) is 0 Å². The average molecular weight is 386 g/mol. The molecule has 1 amide bonds. The van der Waals surface area contributed by atoms with E-state index in [1.807, 2.05) is 31.5 Å². The number of para-hydroxylation sites is 1. The van der Waals surface area contributed by atoms with Gasteiger partial charge in [0.05, 0.1) is 34.7 Å². The summed E-state index contributed by atoms with van der Waals surface area (Å²) < 4.78 is 2.10. The maximum atomic E-state index is 13.3. The topological polar surface area (TPSA) is 76.3 Å².